The molecule has 1 atom stereocenters. The van der Waals surface area contributed by atoms with Crippen molar-refractivity contribution >= 4 is 27.7 Å². The summed E-state index contributed by atoms with van der Waals surface area (Å²) in [5.74, 6) is 1.62. The molecule has 0 aliphatic carbocycles. The smallest absolute Gasteiger partial charge is 0.162 e. The molecule has 1 heterocycles. The molecule has 0 bridgehead atoms. The first-order valence-corrected chi connectivity index (χ1v) is 8.37. The summed E-state index contributed by atoms with van der Waals surface area (Å²) < 4.78 is 12.2. The van der Waals surface area contributed by atoms with Gasteiger partial charge in [-0.2, -0.15) is 0 Å². The lowest BCUT2D eigenvalue weighted by Gasteiger charge is -2.19. The Morgan fingerprint density at radius 2 is 1.86 bits per heavy atom. The molecule has 3 rings (SSSR count). The summed E-state index contributed by atoms with van der Waals surface area (Å²) in [5.41, 5.74) is 7.20. The summed E-state index contributed by atoms with van der Waals surface area (Å²) in [4.78, 5) is 2.27. The molecule has 0 amide bonds. The first-order chi connectivity index (χ1) is 10.1. The fourth-order valence-corrected chi connectivity index (χ4v) is 3.62. The Labute approximate surface area is 137 Å². The topological polar surface area (TPSA) is 44.5 Å². The maximum absolute atomic E-state index is 6.07. The molecule has 2 N–H and O–H groups in total. The molecule has 2 aromatic rings. The Kier molecular flexibility index (Phi) is 4.42. The number of fused-ring (bicyclic) bond motifs is 1. The van der Waals surface area contributed by atoms with E-state index in [0.29, 0.717) is 13.2 Å². The zero-order valence-corrected chi connectivity index (χ0v) is 14.0. The number of halogens is 1. The van der Waals surface area contributed by atoms with Gasteiger partial charge in [-0.05, 0) is 48.9 Å². The van der Waals surface area contributed by atoms with Gasteiger partial charge in [0.1, 0.15) is 13.2 Å². The third kappa shape index (κ3) is 3.36. The van der Waals surface area contributed by atoms with Crippen LogP contribution in [0.25, 0.3) is 0 Å². The molecule has 1 aliphatic heterocycles. The van der Waals surface area contributed by atoms with Crippen LogP contribution in [0, 0.1) is 0 Å². The molecule has 110 valence electrons. The number of hydrogen-bond acceptors (Lipinski definition) is 4. The first kappa shape index (κ1) is 14.8. The monoisotopic (exact) mass is 365 g/mol. The minimum Gasteiger partial charge on any atom is -0.486 e. The van der Waals surface area contributed by atoms with Crippen molar-refractivity contribution in [1.82, 2.24) is 0 Å². The van der Waals surface area contributed by atoms with Crippen molar-refractivity contribution < 1.29 is 9.47 Å². The van der Waals surface area contributed by atoms with E-state index in [-0.39, 0.29) is 6.04 Å². The Morgan fingerprint density at radius 3 is 2.62 bits per heavy atom. The van der Waals surface area contributed by atoms with Crippen LogP contribution >= 0.6 is 27.7 Å². The zero-order chi connectivity index (χ0) is 14.8. The summed E-state index contributed by atoms with van der Waals surface area (Å²) >= 11 is 5.19. The van der Waals surface area contributed by atoms with E-state index in [1.165, 1.54) is 0 Å². The fraction of sp³-hybridized carbons (Fsp3) is 0.250. The molecule has 0 saturated heterocycles. The highest BCUT2D eigenvalue weighted by Crippen LogP contribution is 2.39. The maximum Gasteiger partial charge on any atom is 0.162 e. The lowest BCUT2D eigenvalue weighted by atomic mass is 10.1. The van der Waals surface area contributed by atoms with Crippen molar-refractivity contribution in [2.45, 2.75) is 22.8 Å². The van der Waals surface area contributed by atoms with Gasteiger partial charge in [-0.25, -0.2) is 0 Å². The quantitative estimate of drug-likeness (QED) is 0.875. The standard InChI is InChI=1S/C16H16BrNO2S/c1-10(18)13-8-11(17)2-5-16(13)21-12-3-4-14-15(9-12)20-7-6-19-14/h2-5,8-10H,6-7,18H2,1H3. The van der Waals surface area contributed by atoms with E-state index >= 15 is 0 Å². The minimum absolute atomic E-state index is 0.0118. The van der Waals surface area contributed by atoms with E-state index in [2.05, 4.69) is 28.1 Å². The number of nitrogens with two attached hydrogens (primary N) is 1. The Morgan fingerprint density at radius 1 is 1.10 bits per heavy atom. The average molecular weight is 366 g/mol. The molecule has 3 nitrogen and oxygen atoms in total. The van der Waals surface area contributed by atoms with Crippen LogP contribution in [-0.2, 0) is 0 Å². The molecule has 5 heteroatoms. The van der Waals surface area contributed by atoms with Crippen LogP contribution in [0.15, 0.2) is 50.7 Å². The summed E-state index contributed by atoms with van der Waals surface area (Å²) in [6.07, 6.45) is 0. The van der Waals surface area contributed by atoms with Crippen molar-refractivity contribution in [3.63, 3.8) is 0 Å². The van der Waals surface area contributed by atoms with Crippen LogP contribution in [0.4, 0.5) is 0 Å². The van der Waals surface area contributed by atoms with Crippen LogP contribution in [0.2, 0.25) is 0 Å². The molecular formula is C16H16BrNO2S. The summed E-state index contributed by atoms with van der Waals surface area (Å²) in [6, 6.07) is 12.2. The van der Waals surface area contributed by atoms with Crippen molar-refractivity contribution in [3.8, 4) is 11.5 Å². The number of hydrogen-bond donors (Lipinski definition) is 1. The lowest BCUT2D eigenvalue weighted by Crippen LogP contribution is -2.15. The molecular weight excluding hydrogens is 350 g/mol. The summed E-state index contributed by atoms with van der Waals surface area (Å²) in [6.45, 7) is 3.21. The fourth-order valence-electron chi connectivity index (χ4n) is 2.18. The molecule has 2 aromatic carbocycles. The second kappa shape index (κ2) is 6.30. The van der Waals surface area contributed by atoms with Gasteiger partial charge < -0.3 is 15.2 Å². The zero-order valence-electron chi connectivity index (χ0n) is 11.6. The van der Waals surface area contributed by atoms with Gasteiger partial charge in [-0.1, -0.05) is 27.7 Å². The largest absolute Gasteiger partial charge is 0.486 e. The number of ether oxygens (including phenoxy) is 2. The summed E-state index contributed by atoms with van der Waals surface area (Å²) in [7, 11) is 0. The van der Waals surface area contributed by atoms with E-state index < -0.39 is 0 Å². The second-order valence-electron chi connectivity index (χ2n) is 4.88. The first-order valence-electron chi connectivity index (χ1n) is 6.76. The van der Waals surface area contributed by atoms with Gasteiger partial charge in [-0.3, -0.25) is 0 Å². The SMILES string of the molecule is CC(N)c1cc(Br)ccc1Sc1ccc2c(c1)OCCO2. The predicted octanol–water partition coefficient (Wildman–Crippen LogP) is 4.39. The molecule has 1 aliphatic rings. The minimum atomic E-state index is -0.0118. The second-order valence-corrected chi connectivity index (χ2v) is 6.91. The maximum atomic E-state index is 6.07. The van der Waals surface area contributed by atoms with Crippen molar-refractivity contribution in [1.29, 1.82) is 0 Å². The molecule has 0 radical (unpaired) electrons. The van der Waals surface area contributed by atoms with E-state index in [0.717, 1.165) is 31.3 Å². The van der Waals surface area contributed by atoms with Crippen LogP contribution in [0.5, 0.6) is 11.5 Å². The van der Waals surface area contributed by atoms with Crippen molar-refractivity contribution in [2.24, 2.45) is 5.73 Å². The lowest BCUT2D eigenvalue weighted by molar-refractivity contribution is 0.171. The molecule has 0 spiro atoms. The number of rotatable bonds is 3. The molecule has 21 heavy (non-hydrogen) atoms. The molecule has 0 saturated carbocycles. The highest BCUT2D eigenvalue weighted by Gasteiger charge is 2.14. The number of benzene rings is 2. The van der Waals surface area contributed by atoms with Crippen LogP contribution in [0.3, 0.4) is 0 Å². The van der Waals surface area contributed by atoms with E-state index in [9.17, 15) is 0 Å². The molecule has 1 unspecified atom stereocenters. The van der Waals surface area contributed by atoms with Gasteiger partial charge in [0, 0.05) is 20.3 Å². The summed E-state index contributed by atoms with van der Waals surface area (Å²) in [5, 5.41) is 0. The normalized spacial score (nSPS) is 14.8. The molecule has 0 aromatic heterocycles. The Balaban J connectivity index is 1.90. The van der Waals surface area contributed by atoms with Crippen molar-refractivity contribution in [3.05, 3.63) is 46.4 Å². The predicted molar refractivity (Wildman–Crippen MR) is 88.3 cm³/mol. The van der Waals surface area contributed by atoms with Crippen LogP contribution in [-0.4, -0.2) is 13.2 Å². The Hall–Kier alpha value is -1.17. The highest BCUT2D eigenvalue weighted by molar-refractivity contribution is 9.10. The van der Waals surface area contributed by atoms with Gasteiger partial charge in [0.05, 0.1) is 0 Å². The third-order valence-corrected chi connectivity index (χ3v) is 4.78. The van der Waals surface area contributed by atoms with Gasteiger partial charge in [0.2, 0.25) is 0 Å². The molecule has 0 fully saturated rings. The van der Waals surface area contributed by atoms with Crippen LogP contribution in [0.1, 0.15) is 18.5 Å². The van der Waals surface area contributed by atoms with E-state index in [1.54, 1.807) is 11.8 Å². The van der Waals surface area contributed by atoms with E-state index in [1.807, 2.05) is 31.2 Å². The average Bonchev–Trinajstić information content (AvgIpc) is 2.49. The Bertz CT molecular complexity index is 661. The van der Waals surface area contributed by atoms with Gasteiger partial charge in [-0.15, -0.1) is 0 Å². The van der Waals surface area contributed by atoms with Crippen molar-refractivity contribution in [2.75, 3.05) is 13.2 Å². The van der Waals surface area contributed by atoms with Gasteiger partial charge in [0.15, 0.2) is 11.5 Å². The third-order valence-electron chi connectivity index (χ3n) is 3.20. The van der Waals surface area contributed by atoms with E-state index in [4.69, 9.17) is 15.2 Å². The van der Waals surface area contributed by atoms with Gasteiger partial charge in [0.25, 0.3) is 0 Å². The van der Waals surface area contributed by atoms with Crippen LogP contribution < -0.4 is 15.2 Å². The highest BCUT2D eigenvalue weighted by atomic mass is 79.9. The van der Waals surface area contributed by atoms with Gasteiger partial charge >= 0.3 is 0 Å².